The number of rotatable bonds is 6. The van der Waals surface area contributed by atoms with Crippen molar-refractivity contribution in [1.29, 1.82) is 0 Å². The van der Waals surface area contributed by atoms with E-state index in [0.29, 0.717) is 23.9 Å². The number of benzene rings is 1. The number of nitrogens with zero attached hydrogens (tertiary/aromatic N) is 2. The lowest BCUT2D eigenvalue weighted by atomic mass is 10.3. The lowest BCUT2D eigenvalue weighted by molar-refractivity contribution is 0.454. The Balaban J connectivity index is 2.21. The smallest absolute Gasteiger partial charge is 0.224 e. The van der Waals surface area contributed by atoms with Gasteiger partial charge >= 0.3 is 0 Å². The van der Waals surface area contributed by atoms with Crippen LogP contribution >= 0.6 is 0 Å². The fourth-order valence-corrected chi connectivity index (χ4v) is 1.68. The molecule has 0 saturated heterocycles. The Morgan fingerprint density at radius 2 is 2.05 bits per heavy atom. The average molecular weight is 275 g/mol. The number of anilines is 1. The molecule has 4 nitrogen and oxygen atoms in total. The van der Waals surface area contributed by atoms with Gasteiger partial charge in [0.15, 0.2) is 0 Å². The SMILES string of the molecule is CCCNc1cc(Oc2cccc(F)c2)nc(CC)n1. The first kappa shape index (κ1) is 14.2. The summed E-state index contributed by atoms with van der Waals surface area (Å²) in [5.74, 6) is 1.92. The van der Waals surface area contributed by atoms with E-state index >= 15 is 0 Å². The maximum Gasteiger partial charge on any atom is 0.224 e. The second kappa shape index (κ2) is 6.84. The molecule has 0 radical (unpaired) electrons. The first-order chi connectivity index (χ1) is 9.71. The van der Waals surface area contributed by atoms with Gasteiger partial charge in [-0.1, -0.05) is 19.9 Å². The van der Waals surface area contributed by atoms with Crippen LogP contribution in [0.5, 0.6) is 11.6 Å². The van der Waals surface area contributed by atoms with Crippen LogP contribution in [0.25, 0.3) is 0 Å². The van der Waals surface area contributed by atoms with Crippen molar-refractivity contribution in [3.8, 4) is 11.6 Å². The fourth-order valence-electron chi connectivity index (χ4n) is 1.68. The van der Waals surface area contributed by atoms with Gasteiger partial charge in [0.25, 0.3) is 0 Å². The predicted molar refractivity (Wildman–Crippen MR) is 76.7 cm³/mol. The molecule has 0 saturated carbocycles. The van der Waals surface area contributed by atoms with Crippen molar-refractivity contribution in [3.05, 3.63) is 42.0 Å². The van der Waals surface area contributed by atoms with Gasteiger partial charge < -0.3 is 10.1 Å². The zero-order chi connectivity index (χ0) is 14.4. The molecule has 0 fully saturated rings. The van der Waals surface area contributed by atoms with Crippen LogP contribution in [0.15, 0.2) is 30.3 Å². The van der Waals surface area contributed by atoms with Gasteiger partial charge in [-0.05, 0) is 18.6 Å². The number of hydrogen-bond acceptors (Lipinski definition) is 4. The number of aryl methyl sites for hydroxylation is 1. The average Bonchev–Trinajstić information content (AvgIpc) is 2.45. The molecule has 0 aliphatic carbocycles. The Morgan fingerprint density at radius 3 is 2.75 bits per heavy atom. The van der Waals surface area contributed by atoms with E-state index in [2.05, 4.69) is 22.2 Å². The van der Waals surface area contributed by atoms with Gasteiger partial charge in [0.2, 0.25) is 5.88 Å². The Kier molecular flexibility index (Phi) is 4.87. The Hall–Kier alpha value is -2.17. The minimum atomic E-state index is -0.336. The lowest BCUT2D eigenvalue weighted by Crippen LogP contribution is -2.05. The quantitative estimate of drug-likeness (QED) is 0.871. The molecule has 106 valence electrons. The maximum atomic E-state index is 13.1. The summed E-state index contributed by atoms with van der Waals surface area (Å²) < 4.78 is 18.7. The molecule has 0 atom stereocenters. The third-order valence-electron chi connectivity index (χ3n) is 2.64. The number of aromatic nitrogens is 2. The second-order valence-corrected chi connectivity index (χ2v) is 4.35. The molecule has 1 aromatic carbocycles. The first-order valence-corrected chi connectivity index (χ1v) is 6.76. The van der Waals surface area contributed by atoms with Gasteiger partial charge in [0.05, 0.1) is 0 Å². The standard InChI is InChI=1S/C15H18FN3O/c1-3-8-17-14-10-15(19-13(4-2)18-14)20-12-7-5-6-11(16)9-12/h5-7,9-10H,3-4,8H2,1-2H3,(H,17,18,19). The van der Waals surface area contributed by atoms with Crippen LogP contribution in [-0.2, 0) is 6.42 Å². The van der Waals surface area contributed by atoms with Crippen LogP contribution in [0.1, 0.15) is 26.1 Å². The molecule has 0 aliphatic rings. The molecule has 1 heterocycles. The molecule has 20 heavy (non-hydrogen) atoms. The fraction of sp³-hybridized carbons (Fsp3) is 0.333. The second-order valence-electron chi connectivity index (χ2n) is 4.35. The summed E-state index contributed by atoms with van der Waals surface area (Å²) in [5.41, 5.74) is 0. The van der Waals surface area contributed by atoms with Crippen LogP contribution in [0.3, 0.4) is 0 Å². The third-order valence-corrected chi connectivity index (χ3v) is 2.64. The van der Waals surface area contributed by atoms with Gasteiger partial charge in [-0.15, -0.1) is 0 Å². The van der Waals surface area contributed by atoms with Gasteiger partial charge in [-0.2, -0.15) is 4.98 Å². The Labute approximate surface area is 118 Å². The van der Waals surface area contributed by atoms with Crippen molar-refractivity contribution in [3.63, 3.8) is 0 Å². The normalized spacial score (nSPS) is 10.3. The first-order valence-electron chi connectivity index (χ1n) is 6.76. The van der Waals surface area contributed by atoms with Crippen LogP contribution in [-0.4, -0.2) is 16.5 Å². The monoisotopic (exact) mass is 275 g/mol. The number of halogens is 1. The summed E-state index contributed by atoms with van der Waals surface area (Å²) in [5, 5.41) is 3.20. The highest BCUT2D eigenvalue weighted by Crippen LogP contribution is 2.22. The zero-order valence-corrected chi connectivity index (χ0v) is 11.7. The zero-order valence-electron chi connectivity index (χ0n) is 11.7. The van der Waals surface area contributed by atoms with Crippen LogP contribution in [0.4, 0.5) is 10.2 Å². The molecule has 5 heteroatoms. The topological polar surface area (TPSA) is 47.0 Å². The summed E-state index contributed by atoms with van der Waals surface area (Å²) in [4.78, 5) is 8.66. The number of hydrogen-bond donors (Lipinski definition) is 1. The van der Waals surface area contributed by atoms with Gasteiger partial charge in [0.1, 0.15) is 23.2 Å². The highest BCUT2D eigenvalue weighted by molar-refractivity contribution is 5.40. The highest BCUT2D eigenvalue weighted by atomic mass is 19.1. The van der Waals surface area contributed by atoms with Crippen molar-refractivity contribution >= 4 is 5.82 Å². The largest absolute Gasteiger partial charge is 0.439 e. The highest BCUT2D eigenvalue weighted by Gasteiger charge is 2.06. The molecule has 0 unspecified atom stereocenters. The minimum absolute atomic E-state index is 0.336. The molecule has 1 N–H and O–H groups in total. The summed E-state index contributed by atoms with van der Waals surface area (Å²) in [6.45, 7) is 4.89. The van der Waals surface area contributed by atoms with Crippen LogP contribution < -0.4 is 10.1 Å². The van der Waals surface area contributed by atoms with Crippen molar-refractivity contribution in [1.82, 2.24) is 9.97 Å². The van der Waals surface area contributed by atoms with Gasteiger partial charge in [-0.25, -0.2) is 9.37 Å². The van der Waals surface area contributed by atoms with Crippen molar-refractivity contribution in [2.24, 2.45) is 0 Å². The summed E-state index contributed by atoms with van der Waals surface area (Å²) in [7, 11) is 0. The van der Waals surface area contributed by atoms with E-state index in [9.17, 15) is 4.39 Å². The van der Waals surface area contributed by atoms with E-state index < -0.39 is 0 Å². The molecule has 2 aromatic rings. The number of ether oxygens (including phenoxy) is 1. The summed E-state index contributed by atoms with van der Waals surface area (Å²) in [6, 6.07) is 7.71. The molecule has 2 rings (SSSR count). The van der Waals surface area contributed by atoms with E-state index in [-0.39, 0.29) is 5.82 Å². The van der Waals surface area contributed by atoms with Crippen LogP contribution in [0, 0.1) is 5.82 Å². The van der Waals surface area contributed by atoms with E-state index in [1.54, 1.807) is 18.2 Å². The number of nitrogens with one attached hydrogen (secondary N) is 1. The van der Waals surface area contributed by atoms with Crippen molar-refractivity contribution in [2.75, 3.05) is 11.9 Å². The molecule has 0 aliphatic heterocycles. The van der Waals surface area contributed by atoms with Gasteiger partial charge in [0, 0.05) is 25.1 Å². The summed E-state index contributed by atoms with van der Waals surface area (Å²) >= 11 is 0. The lowest BCUT2D eigenvalue weighted by Gasteiger charge is -2.09. The molecule has 0 spiro atoms. The van der Waals surface area contributed by atoms with E-state index in [1.165, 1.54) is 12.1 Å². The molecule has 0 bridgehead atoms. The minimum Gasteiger partial charge on any atom is -0.439 e. The Morgan fingerprint density at radius 1 is 1.20 bits per heavy atom. The Bertz CT molecular complexity index is 575. The van der Waals surface area contributed by atoms with Crippen molar-refractivity contribution < 1.29 is 9.13 Å². The van der Waals surface area contributed by atoms with E-state index in [0.717, 1.165) is 18.8 Å². The van der Waals surface area contributed by atoms with Crippen molar-refractivity contribution in [2.45, 2.75) is 26.7 Å². The molecule has 0 amide bonds. The summed E-state index contributed by atoms with van der Waals surface area (Å²) in [6.07, 6.45) is 1.71. The predicted octanol–water partition coefficient (Wildman–Crippen LogP) is 3.79. The van der Waals surface area contributed by atoms with E-state index in [4.69, 9.17) is 4.74 Å². The van der Waals surface area contributed by atoms with Gasteiger partial charge in [-0.3, -0.25) is 0 Å². The molecular formula is C15H18FN3O. The maximum absolute atomic E-state index is 13.1. The van der Waals surface area contributed by atoms with Crippen LogP contribution in [0.2, 0.25) is 0 Å². The van der Waals surface area contributed by atoms with E-state index in [1.807, 2.05) is 6.92 Å². The third kappa shape index (κ3) is 3.91. The molecule has 1 aromatic heterocycles. The molecular weight excluding hydrogens is 257 g/mol.